The summed E-state index contributed by atoms with van der Waals surface area (Å²) < 4.78 is 76.6. The number of hydrogen-bond acceptors (Lipinski definition) is 9. The number of nitriles is 1. The summed E-state index contributed by atoms with van der Waals surface area (Å²) in [5.74, 6) is -4.50. The zero-order valence-corrected chi connectivity index (χ0v) is 20.5. The van der Waals surface area contributed by atoms with E-state index < -0.39 is 71.2 Å². The Kier molecular flexibility index (Phi) is 7.19. The lowest BCUT2D eigenvalue weighted by atomic mass is 10.1. The van der Waals surface area contributed by atoms with Crippen molar-refractivity contribution in [3.63, 3.8) is 0 Å². The molecule has 0 radical (unpaired) electrons. The maximum atomic E-state index is 15.0. The van der Waals surface area contributed by atoms with Crippen LogP contribution < -0.4 is 4.90 Å². The van der Waals surface area contributed by atoms with Gasteiger partial charge in [0.25, 0.3) is 5.92 Å². The van der Waals surface area contributed by atoms with Gasteiger partial charge in [0.1, 0.15) is 29.4 Å². The summed E-state index contributed by atoms with van der Waals surface area (Å²) in [5, 5.41) is 19.4. The van der Waals surface area contributed by atoms with Crippen LogP contribution in [0.15, 0.2) is 6.33 Å². The van der Waals surface area contributed by atoms with Crippen molar-refractivity contribution < 1.29 is 51.3 Å². The van der Waals surface area contributed by atoms with Gasteiger partial charge in [-0.25, -0.2) is 23.1 Å². The van der Waals surface area contributed by atoms with E-state index in [1.54, 1.807) is 0 Å². The minimum Gasteiger partial charge on any atom is -0.387 e. The van der Waals surface area contributed by atoms with Crippen molar-refractivity contribution >= 4 is 43.6 Å². The van der Waals surface area contributed by atoms with Gasteiger partial charge in [0.2, 0.25) is 0 Å². The molecular formula is C17H19ClF3N5O8P2. The van der Waals surface area contributed by atoms with Gasteiger partial charge in [-0.1, -0.05) is 11.6 Å². The number of fused-ring (bicyclic) bond motifs is 1. The van der Waals surface area contributed by atoms with Crippen molar-refractivity contribution in [3.8, 4) is 6.07 Å². The van der Waals surface area contributed by atoms with Crippen LogP contribution in [0, 0.1) is 11.3 Å². The Morgan fingerprint density at radius 3 is 2.64 bits per heavy atom. The number of aliphatic hydroxyl groups excluding tert-OH is 1. The summed E-state index contributed by atoms with van der Waals surface area (Å²) in [6, 6.07) is 1.81. The van der Waals surface area contributed by atoms with Gasteiger partial charge >= 0.3 is 15.2 Å². The lowest BCUT2D eigenvalue weighted by Crippen LogP contribution is -2.31. The van der Waals surface area contributed by atoms with Crippen molar-refractivity contribution in [3.05, 3.63) is 17.0 Å². The first-order valence-corrected chi connectivity index (χ1v) is 14.1. The van der Waals surface area contributed by atoms with Gasteiger partial charge in [-0.05, 0) is 0 Å². The molecule has 2 fully saturated rings. The maximum absolute atomic E-state index is 15.0. The van der Waals surface area contributed by atoms with Crippen LogP contribution in [0.2, 0.25) is 5.15 Å². The Balaban J connectivity index is 1.63. The van der Waals surface area contributed by atoms with E-state index >= 15 is 4.39 Å². The average Bonchev–Trinajstić information content (AvgIpc) is 3.40. The second kappa shape index (κ2) is 9.50. The largest absolute Gasteiger partial charge is 0.387 e. The molecule has 0 bridgehead atoms. The lowest BCUT2D eigenvalue weighted by Gasteiger charge is -2.21. The molecule has 4 heterocycles. The third-order valence-corrected chi connectivity index (χ3v) is 9.34. The number of alkyl halides is 3. The first kappa shape index (κ1) is 27.3. The number of pyridine rings is 1. The molecule has 2 aromatic heterocycles. The van der Waals surface area contributed by atoms with Crippen LogP contribution in [0.1, 0.15) is 18.2 Å². The fraction of sp³-hybridized carbons (Fsp3) is 0.588. The molecule has 2 aliphatic heterocycles. The van der Waals surface area contributed by atoms with Gasteiger partial charge < -0.3 is 33.9 Å². The minimum absolute atomic E-state index is 0.0177. The highest BCUT2D eigenvalue weighted by atomic mass is 35.5. The second-order valence-corrected chi connectivity index (χ2v) is 12.7. The van der Waals surface area contributed by atoms with Gasteiger partial charge in [-0.15, -0.1) is 0 Å². The predicted molar refractivity (Wildman–Crippen MR) is 117 cm³/mol. The molecule has 0 aromatic carbocycles. The van der Waals surface area contributed by atoms with Crippen molar-refractivity contribution in [2.75, 3.05) is 30.5 Å². The van der Waals surface area contributed by atoms with Crippen molar-refractivity contribution in [1.29, 1.82) is 5.26 Å². The maximum Gasteiger partial charge on any atom is 0.340 e. The average molecular weight is 576 g/mol. The molecule has 2 aliphatic rings. The minimum atomic E-state index is -4.91. The Bertz CT molecular complexity index is 1320. The van der Waals surface area contributed by atoms with Crippen LogP contribution in [0.25, 0.3) is 11.2 Å². The molecular weight excluding hydrogens is 557 g/mol. The van der Waals surface area contributed by atoms with Crippen LogP contribution in [0.4, 0.5) is 18.9 Å². The number of halogens is 4. The van der Waals surface area contributed by atoms with E-state index in [1.807, 2.05) is 6.07 Å². The van der Waals surface area contributed by atoms with Crippen LogP contribution in [0.5, 0.6) is 0 Å². The van der Waals surface area contributed by atoms with Crippen LogP contribution >= 0.6 is 26.8 Å². The second-order valence-electron chi connectivity index (χ2n) is 8.33. The fourth-order valence-electron chi connectivity index (χ4n) is 4.05. The quantitative estimate of drug-likeness (QED) is 0.276. The predicted octanol–water partition coefficient (Wildman–Crippen LogP) is 1.74. The molecule has 2 aromatic rings. The Labute approximate surface area is 205 Å². The summed E-state index contributed by atoms with van der Waals surface area (Å²) in [6.45, 7) is -1.70. The number of aromatic nitrogens is 3. The summed E-state index contributed by atoms with van der Waals surface area (Å²) in [5.41, 5.74) is -0.401. The lowest BCUT2D eigenvalue weighted by molar-refractivity contribution is -0.0425. The Hall–Kier alpha value is -1.79. The van der Waals surface area contributed by atoms with Crippen molar-refractivity contribution in [1.82, 2.24) is 14.5 Å². The SMILES string of the molecule is N#Cc1c(Cl)nc2c(ncn2[C@@H]2O[C@H](COP(=O)(O)CP(=O)(O)O)[C@@H](O)[C@@H]2F)c1N1CCC(F)(F)C1. The number of rotatable bonds is 7. The van der Waals surface area contributed by atoms with E-state index in [1.165, 1.54) is 4.90 Å². The van der Waals surface area contributed by atoms with Crippen LogP contribution in [-0.2, 0) is 18.4 Å². The summed E-state index contributed by atoms with van der Waals surface area (Å²) in [7, 11) is -9.71. The Morgan fingerprint density at radius 2 is 2.06 bits per heavy atom. The number of ether oxygens (including phenoxy) is 1. The number of aliphatic hydroxyl groups is 1. The van der Waals surface area contributed by atoms with Gasteiger partial charge in [0.15, 0.2) is 29.1 Å². The zero-order valence-electron chi connectivity index (χ0n) is 18.0. The van der Waals surface area contributed by atoms with E-state index in [0.717, 1.165) is 10.9 Å². The molecule has 2 saturated heterocycles. The first-order chi connectivity index (χ1) is 16.6. The normalized spacial score (nSPS) is 27.9. The van der Waals surface area contributed by atoms with E-state index in [2.05, 4.69) is 14.5 Å². The van der Waals surface area contributed by atoms with Crippen LogP contribution in [0.3, 0.4) is 0 Å². The molecule has 0 amide bonds. The standard InChI is InChI=1S/C17H19ClF3N5O8P2/c18-14-8(3-22)12(25-2-1-17(20,21)5-25)11-15(24-14)26(6-23-11)16-10(19)13(27)9(34-16)4-33-36(31,32)7-35(28,29)30/h6,9-10,13,16,27H,1-2,4-5,7H2,(H,31,32)(H2,28,29,30)/t9-,10+,13-,16-/m1/s1. The monoisotopic (exact) mass is 575 g/mol. The summed E-state index contributed by atoms with van der Waals surface area (Å²) in [6.07, 6.45) is -6.64. The fourth-order valence-corrected chi connectivity index (χ4v) is 6.83. The molecule has 198 valence electrons. The van der Waals surface area contributed by atoms with Crippen molar-refractivity contribution in [2.24, 2.45) is 0 Å². The highest BCUT2D eigenvalue weighted by Gasteiger charge is 2.47. The molecule has 0 aliphatic carbocycles. The van der Waals surface area contributed by atoms with Gasteiger partial charge in [0.05, 0.1) is 25.2 Å². The first-order valence-electron chi connectivity index (χ1n) is 10.2. The van der Waals surface area contributed by atoms with Crippen molar-refractivity contribution in [2.45, 2.75) is 37.0 Å². The molecule has 13 nitrogen and oxygen atoms in total. The molecule has 4 rings (SSSR count). The summed E-state index contributed by atoms with van der Waals surface area (Å²) in [4.78, 5) is 36.7. The third kappa shape index (κ3) is 5.40. The topological polar surface area (TPSA) is 191 Å². The van der Waals surface area contributed by atoms with E-state index in [-0.39, 0.29) is 34.1 Å². The Morgan fingerprint density at radius 1 is 1.36 bits per heavy atom. The van der Waals surface area contributed by atoms with E-state index in [4.69, 9.17) is 26.1 Å². The zero-order chi connectivity index (χ0) is 26.6. The molecule has 0 spiro atoms. The van der Waals surface area contributed by atoms with Gasteiger partial charge in [0, 0.05) is 13.0 Å². The van der Waals surface area contributed by atoms with Gasteiger partial charge in [-0.3, -0.25) is 13.7 Å². The van der Waals surface area contributed by atoms with Crippen LogP contribution in [-0.4, -0.2) is 84.2 Å². The van der Waals surface area contributed by atoms with E-state index in [0.29, 0.717) is 0 Å². The number of hydrogen-bond donors (Lipinski definition) is 4. The smallest absolute Gasteiger partial charge is 0.340 e. The summed E-state index contributed by atoms with van der Waals surface area (Å²) >= 11 is 6.12. The van der Waals surface area contributed by atoms with Gasteiger partial charge in [-0.2, -0.15) is 5.26 Å². The van der Waals surface area contributed by atoms with E-state index in [9.17, 15) is 33.2 Å². The molecule has 1 unspecified atom stereocenters. The number of nitrogens with zero attached hydrogens (tertiary/aromatic N) is 5. The number of anilines is 1. The molecule has 36 heavy (non-hydrogen) atoms. The number of imidazole rings is 1. The third-order valence-electron chi connectivity index (χ3n) is 5.61. The highest BCUT2D eigenvalue weighted by molar-refractivity contribution is 7.70. The molecule has 5 atom stereocenters. The molecule has 0 saturated carbocycles. The highest BCUT2D eigenvalue weighted by Crippen LogP contribution is 2.55. The molecule has 19 heteroatoms. The molecule has 4 N–H and O–H groups in total.